The summed E-state index contributed by atoms with van der Waals surface area (Å²) in [6.45, 7) is 3.99. The first-order valence-corrected chi connectivity index (χ1v) is 12.7. The van der Waals surface area contributed by atoms with Gasteiger partial charge in [0.1, 0.15) is 22.6 Å². The van der Waals surface area contributed by atoms with Crippen molar-refractivity contribution in [3.8, 4) is 39.8 Å². The Kier molecular flexibility index (Phi) is 6.39. The Morgan fingerprint density at radius 1 is 1.00 bits per heavy atom. The Bertz CT molecular complexity index is 1880. The number of anilines is 1. The topological polar surface area (TPSA) is 134 Å². The van der Waals surface area contributed by atoms with Crippen LogP contribution in [0, 0.1) is 11.7 Å². The molecular formula is C29H25FN8O2. The fourth-order valence-corrected chi connectivity index (χ4v) is 4.53. The summed E-state index contributed by atoms with van der Waals surface area (Å²) < 4.78 is 19.5. The highest BCUT2D eigenvalue weighted by molar-refractivity contribution is 5.95. The number of imidazole rings is 1. The van der Waals surface area contributed by atoms with Gasteiger partial charge in [-0.2, -0.15) is 5.10 Å². The molecule has 10 nitrogen and oxygen atoms in total. The highest BCUT2D eigenvalue weighted by atomic mass is 19.1. The number of nitrogens with one attached hydrogen (secondary N) is 3. The smallest absolute Gasteiger partial charge is 0.224 e. The Morgan fingerprint density at radius 3 is 2.67 bits per heavy atom. The maximum Gasteiger partial charge on any atom is 0.224 e. The van der Waals surface area contributed by atoms with E-state index in [2.05, 4.69) is 30.5 Å². The van der Waals surface area contributed by atoms with Crippen LogP contribution in [-0.4, -0.2) is 48.1 Å². The fraction of sp³-hybridized carbons (Fsp3) is 0.172. The molecule has 1 amide bonds. The number of aromatic amines is 2. The minimum Gasteiger partial charge on any atom is -0.497 e. The van der Waals surface area contributed by atoms with Crippen molar-refractivity contribution in [2.45, 2.75) is 20.3 Å². The molecule has 0 spiro atoms. The number of carbonyl (C=O) groups excluding carboxylic acids is 1. The zero-order valence-electron chi connectivity index (χ0n) is 22.0. The third-order valence-electron chi connectivity index (χ3n) is 6.32. The van der Waals surface area contributed by atoms with Gasteiger partial charge >= 0.3 is 0 Å². The SMILES string of the molecule is COc1cc(F)cc(-c2nccc3[nH]c(-c4n[nH]c5ccc(-c6cncc(NC(=O)CC(C)C)c6)nc45)nc23)c1. The zero-order chi connectivity index (χ0) is 27.8. The van der Waals surface area contributed by atoms with Gasteiger partial charge in [-0.1, -0.05) is 13.8 Å². The second-order valence-corrected chi connectivity index (χ2v) is 9.79. The number of amides is 1. The summed E-state index contributed by atoms with van der Waals surface area (Å²) in [5.74, 6) is 0.623. The highest BCUT2D eigenvalue weighted by Gasteiger charge is 2.18. The average molecular weight is 537 g/mol. The number of hydrogen-bond acceptors (Lipinski definition) is 7. The normalized spacial score (nSPS) is 11.4. The number of methoxy groups -OCH3 is 1. The summed E-state index contributed by atoms with van der Waals surface area (Å²) in [7, 11) is 1.48. The van der Waals surface area contributed by atoms with Gasteiger partial charge in [0.15, 0.2) is 11.5 Å². The first-order chi connectivity index (χ1) is 19.4. The lowest BCUT2D eigenvalue weighted by Crippen LogP contribution is -2.14. The van der Waals surface area contributed by atoms with Crippen LogP contribution in [0.5, 0.6) is 5.75 Å². The maximum atomic E-state index is 14.2. The summed E-state index contributed by atoms with van der Waals surface area (Å²) in [6.07, 6.45) is 5.36. The number of aromatic nitrogens is 7. The molecule has 0 aliphatic carbocycles. The Morgan fingerprint density at radius 2 is 1.85 bits per heavy atom. The van der Waals surface area contributed by atoms with Crippen molar-refractivity contribution >= 4 is 33.7 Å². The van der Waals surface area contributed by atoms with Crippen LogP contribution in [0.1, 0.15) is 20.3 Å². The van der Waals surface area contributed by atoms with Gasteiger partial charge in [0.2, 0.25) is 5.91 Å². The van der Waals surface area contributed by atoms with Crippen molar-refractivity contribution in [3.63, 3.8) is 0 Å². The quantitative estimate of drug-likeness (QED) is 0.236. The molecule has 6 rings (SSSR count). The molecule has 0 bridgehead atoms. The number of fused-ring (bicyclic) bond motifs is 2. The van der Waals surface area contributed by atoms with Crippen LogP contribution in [0.3, 0.4) is 0 Å². The van der Waals surface area contributed by atoms with Gasteiger partial charge in [0.25, 0.3) is 0 Å². The van der Waals surface area contributed by atoms with E-state index in [4.69, 9.17) is 14.7 Å². The molecule has 0 aliphatic rings. The number of benzene rings is 1. The van der Waals surface area contributed by atoms with Gasteiger partial charge in [-0.05, 0) is 42.3 Å². The molecule has 0 fully saturated rings. The molecule has 5 heterocycles. The van der Waals surface area contributed by atoms with Crippen LogP contribution in [-0.2, 0) is 4.79 Å². The minimum atomic E-state index is -0.433. The van der Waals surface area contributed by atoms with Gasteiger partial charge in [0.05, 0.1) is 41.4 Å². The highest BCUT2D eigenvalue weighted by Crippen LogP contribution is 2.32. The number of nitrogens with zero attached hydrogens (tertiary/aromatic N) is 5. The third-order valence-corrected chi connectivity index (χ3v) is 6.32. The van der Waals surface area contributed by atoms with E-state index in [1.165, 1.54) is 19.2 Å². The molecule has 1 aromatic carbocycles. The second-order valence-electron chi connectivity index (χ2n) is 9.79. The lowest BCUT2D eigenvalue weighted by atomic mass is 10.1. The van der Waals surface area contributed by atoms with E-state index in [1.807, 2.05) is 32.0 Å². The number of rotatable bonds is 7. The molecule has 40 heavy (non-hydrogen) atoms. The van der Waals surface area contributed by atoms with Crippen LogP contribution < -0.4 is 10.1 Å². The summed E-state index contributed by atoms with van der Waals surface area (Å²) >= 11 is 0. The van der Waals surface area contributed by atoms with E-state index < -0.39 is 5.82 Å². The predicted molar refractivity (Wildman–Crippen MR) is 150 cm³/mol. The molecule has 0 unspecified atom stereocenters. The van der Waals surface area contributed by atoms with E-state index in [0.29, 0.717) is 62.9 Å². The van der Waals surface area contributed by atoms with Crippen LogP contribution in [0.25, 0.3) is 56.1 Å². The van der Waals surface area contributed by atoms with Crippen molar-refractivity contribution in [1.29, 1.82) is 0 Å². The van der Waals surface area contributed by atoms with E-state index in [0.717, 1.165) is 11.1 Å². The van der Waals surface area contributed by atoms with Crippen molar-refractivity contribution < 1.29 is 13.9 Å². The van der Waals surface area contributed by atoms with Gasteiger partial charge in [-0.25, -0.2) is 14.4 Å². The third kappa shape index (κ3) is 4.84. The summed E-state index contributed by atoms with van der Waals surface area (Å²) in [4.78, 5) is 33.9. The second kappa shape index (κ2) is 10.2. The van der Waals surface area contributed by atoms with Crippen molar-refractivity contribution in [2.24, 2.45) is 5.92 Å². The van der Waals surface area contributed by atoms with E-state index in [-0.39, 0.29) is 11.8 Å². The minimum absolute atomic E-state index is 0.0649. The van der Waals surface area contributed by atoms with Crippen molar-refractivity contribution in [1.82, 2.24) is 35.1 Å². The first-order valence-electron chi connectivity index (χ1n) is 12.7. The van der Waals surface area contributed by atoms with E-state index >= 15 is 0 Å². The summed E-state index contributed by atoms with van der Waals surface area (Å²) in [5.41, 5.74) is 6.18. The zero-order valence-corrected chi connectivity index (χ0v) is 22.0. The Balaban J connectivity index is 1.38. The van der Waals surface area contributed by atoms with Crippen LogP contribution >= 0.6 is 0 Å². The van der Waals surface area contributed by atoms with Crippen molar-refractivity contribution in [3.05, 3.63) is 66.9 Å². The van der Waals surface area contributed by atoms with E-state index in [9.17, 15) is 9.18 Å². The van der Waals surface area contributed by atoms with Crippen LogP contribution in [0.2, 0.25) is 0 Å². The molecule has 200 valence electrons. The molecule has 0 radical (unpaired) electrons. The lowest BCUT2D eigenvalue weighted by molar-refractivity contribution is -0.116. The van der Waals surface area contributed by atoms with E-state index in [1.54, 1.807) is 30.7 Å². The number of carbonyl (C=O) groups is 1. The van der Waals surface area contributed by atoms with Crippen molar-refractivity contribution in [2.75, 3.05) is 12.4 Å². The Hall–Kier alpha value is -5.19. The van der Waals surface area contributed by atoms with Gasteiger partial charge in [-0.3, -0.25) is 19.9 Å². The number of halogens is 1. The monoisotopic (exact) mass is 536 g/mol. The Labute approximate surface area is 228 Å². The molecule has 0 atom stereocenters. The molecule has 3 N–H and O–H groups in total. The molecule has 0 aliphatic heterocycles. The largest absolute Gasteiger partial charge is 0.497 e. The lowest BCUT2D eigenvalue weighted by Gasteiger charge is -2.08. The van der Waals surface area contributed by atoms with Crippen LogP contribution in [0.15, 0.2) is 61.1 Å². The summed E-state index contributed by atoms with van der Waals surface area (Å²) in [5, 5.41) is 10.4. The average Bonchev–Trinajstić information content (AvgIpc) is 3.56. The fourth-order valence-electron chi connectivity index (χ4n) is 4.53. The van der Waals surface area contributed by atoms with Gasteiger partial charge in [-0.15, -0.1) is 0 Å². The number of pyridine rings is 3. The molecular weight excluding hydrogens is 511 g/mol. The molecule has 6 aromatic rings. The number of ether oxygens (including phenoxy) is 1. The molecule has 11 heteroatoms. The number of hydrogen-bond donors (Lipinski definition) is 3. The van der Waals surface area contributed by atoms with Crippen LogP contribution in [0.4, 0.5) is 10.1 Å². The molecule has 0 saturated carbocycles. The number of H-pyrrole nitrogens is 2. The first kappa shape index (κ1) is 25.1. The van der Waals surface area contributed by atoms with Gasteiger partial charge < -0.3 is 15.0 Å². The maximum absolute atomic E-state index is 14.2. The molecule has 5 aromatic heterocycles. The summed E-state index contributed by atoms with van der Waals surface area (Å²) in [6, 6.07) is 11.8. The molecule has 0 saturated heterocycles. The standard InChI is InChI=1S/C29H25FN8O2/c1-15(2)8-24(39)33-19-10-17(13-31-14-19)21-4-5-23-27(34-21)28(38-37-23)29-35-22-6-7-32-25(26(22)36-29)16-9-18(30)12-20(11-16)40-3/h4-7,9-15H,8H2,1-3H3,(H,33,39)(H,35,36)(H,37,38). The van der Waals surface area contributed by atoms with Gasteiger partial charge in [0, 0.05) is 36.0 Å². The predicted octanol–water partition coefficient (Wildman–Crippen LogP) is 5.76.